The number of hydrogen-bond donors (Lipinski definition) is 1. The van der Waals surface area contributed by atoms with Gasteiger partial charge in [-0.3, -0.25) is 4.79 Å². The maximum absolute atomic E-state index is 12.7. The van der Waals surface area contributed by atoms with Gasteiger partial charge in [0, 0.05) is 45.1 Å². The minimum Gasteiger partial charge on any atom is -0.351 e. The van der Waals surface area contributed by atoms with Crippen LogP contribution in [0.2, 0.25) is 0 Å². The summed E-state index contributed by atoms with van der Waals surface area (Å²) in [5, 5.41) is 0. The van der Waals surface area contributed by atoms with Crippen LogP contribution in [0.5, 0.6) is 0 Å². The van der Waals surface area contributed by atoms with Gasteiger partial charge in [0.2, 0.25) is 5.91 Å². The monoisotopic (exact) mass is 333 g/mol. The van der Waals surface area contributed by atoms with Gasteiger partial charge in [-0.25, -0.2) is 9.78 Å². The molecule has 1 aromatic rings. The van der Waals surface area contributed by atoms with Crippen LogP contribution in [-0.4, -0.2) is 57.5 Å². The Hall–Kier alpha value is -2.05. The summed E-state index contributed by atoms with van der Waals surface area (Å²) in [5.41, 5.74) is 5.36. The minimum absolute atomic E-state index is 0.0845. The second kappa shape index (κ2) is 7.23. The molecule has 0 aliphatic carbocycles. The molecular weight excluding hydrogens is 306 g/mol. The van der Waals surface area contributed by atoms with E-state index in [-0.39, 0.29) is 11.8 Å². The number of imidazole rings is 1. The number of amides is 3. The van der Waals surface area contributed by atoms with Gasteiger partial charge < -0.3 is 20.1 Å². The van der Waals surface area contributed by atoms with E-state index in [0.29, 0.717) is 19.0 Å². The Bertz CT molecular complexity index is 592. The number of hydrogen-bond acceptors (Lipinski definition) is 3. The van der Waals surface area contributed by atoms with Crippen LogP contribution in [0.4, 0.5) is 4.79 Å². The molecule has 0 bridgehead atoms. The van der Waals surface area contributed by atoms with Crippen molar-refractivity contribution in [3.63, 3.8) is 0 Å². The molecule has 2 saturated heterocycles. The molecule has 2 fully saturated rings. The van der Waals surface area contributed by atoms with E-state index < -0.39 is 6.03 Å². The standard InChI is InChI=1S/C17H27N5O2/c1-13-19-6-10-21(13)11-14-4-8-20(9-5-14)16(23)15-3-2-7-22(12-15)17(18)24/h6,10,14-15H,2-5,7-9,11-12H2,1H3,(H2,18,24). The number of nitrogens with two attached hydrogens (primary N) is 1. The highest BCUT2D eigenvalue weighted by Crippen LogP contribution is 2.24. The highest BCUT2D eigenvalue weighted by Gasteiger charge is 2.32. The number of nitrogens with zero attached hydrogens (tertiary/aromatic N) is 4. The zero-order valence-corrected chi connectivity index (χ0v) is 14.4. The Balaban J connectivity index is 1.50. The second-order valence-electron chi connectivity index (χ2n) is 7.02. The van der Waals surface area contributed by atoms with E-state index in [2.05, 4.69) is 9.55 Å². The molecule has 0 aromatic carbocycles. The maximum Gasteiger partial charge on any atom is 0.314 e. The average molecular weight is 333 g/mol. The molecule has 24 heavy (non-hydrogen) atoms. The lowest BCUT2D eigenvalue weighted by Gasteiger charge is -2.37. The number of likely N-dealkylation sites (tertiary alicyclic amines) is 2. The van der Waals surface area contributed by atoms with E-state index in [0.717, 1.165) is 51.1 Å². The molecule has 2 N–H and O–H groups in total. The highest BCUT2D eigenvalue weighted by atomic mass is 16.2. The van der Waals surface area contributed by atoms with Crippen molar-refractivity contribution in [1.29, 1.82) is 0 Å². The zero-order chi connectivity index (χ0) is 17.1. The van der Waals surface area contributed by atoms with Gasteiger partial charge in [-0.1, -0.05) is 0 Å². The van der Waals surface area contributed by atoms with Crippen LogP contribution in [0.3, 0.4) is 0 Å². The van der Waals surface area contributed by atoms with Gasteiger partial charge in [-0.2, -0.15) is 0 Å². The third kappa shape index (κ3) is 3.71. The third-order valence-electron chi connectivity index (χ3n) is 5.39. The summed E-state index contributed by atoms with van der Waals surface area (Å²) in [4.78, 5) is 31.9. The van der Waals surface area contributed by atoms with Crippen molar-refractivity contribution < 1.29 is 9.59 Å². The molecule has 2 aliphatic rings. The predicted molar refractivity (Wildman–Crippen MR) is 90.1 cm³/mol. The molecule has 3 heterocycles. The number of aryl methyl sites for hydroxylation is 1. The van der Waals surface area contributed by atoms with Crippen LogP contribution in [-0.2, 0) is 11.3 Å². The molecule has 7 nitrogen and oxygen atoms in total. The van der Waals surface area contributed by atoms with Gasteiger partial charge in [0.15, 0.2) is 0 Å². The Morgan fingerprint density at radius 3 is 2.58 bits per heavy atom. The Labute approximate surface area is 142 Å². The first kappa shape index (κ1) is 16.8. The summed E-state index contributed by atoms with van der Waals surface area (Å²) in [6.07, 6.45) is 7.62. The van der Waals surface area contributed by atoms with E-state index in [9.17, 15) is 9.59 Å². The van der Waals surface area contributed by atoms with E-state index in [4.69, 9.17) is 5.73 Å². The largest absolute Gasteiger partial charge is 0.351 e. The summed E-state index contributed by atoms with van der Waals surface area (Å²) in [6, 6.07) is -0.415. The fourth-order valence-electron chi connectivity index (χ4n) is 3.85. The summed E-state index contributed by atoms with van der Waals surface area (Å²) in [7, 11) is 0. The van der Waals surface area contributed by atoms with Crippen LogP contribution in [0.15, 0.2) is 12.4 Å². The van der Waals surface area contributed by atoms with E-state index >= 15 is 0 Å². The van der Waals surface area contributed by atoms with Gasteiger partial charge >= 0.3 is 6.03 Å². The van der Waals surface area contributed by atoms with Crippen molar-refractivity contribution in [2.45, 2.75) is 39.2 Å². The summed E-state index contributed by atoms with van der Waals surface area (Å²) < 4.78 is 2.19. The van der Waals surface area contributed by atoms with E-state index in [1.165, 1.54) is 0 Å². The molecule has 7 heteroatoms. The lowest BCUT2D eigenvalue weighted by atomic mass is 9.92. The number of aromatic nitrogens is 2. The molecule has 132 valence electrons. The second-order valence-corrected chi connectivity index (χ2v) is 7.02. The van der Waals surface area contributed by atoms with Gasteiger partial charge in [0.05, 0.1) is 5.92 Å². The van der Waals surface area contributed by atoms with E-state index in [1.807, 2.05) is 24.2 Å². The first-order chi connectivity index (χ1) is 11.5. The van der Waals surface area contributed by atoms with Crippen LogP contribution in [0.25, 0.3) is 0 Å². The van der Waals surface area contributed by atoms with Crippen LogP contribution >= 0.6 is 0 Å². The topological polar surface area (TPSA) is 84.5 Å². The summed E-state index contributed by atoms with van der Waals surface area (Å²) in [6.45, 7) is 5.77. The van der Waals surface area contributed by atoms with Crippen LogP contribution in [0.1, 0.15) is 31.5 Å². The lowest BCUT2D eigenvalue weighted by Crippen LogP contribution is -2.49. The van der Waals surface area contributed by atoms with Crippen molar-refractivity contribution in [2.75, 3.05) is 26.2 Å². The smallest absolute Gasteiger partial charge is 0.314 e. The molecule has 2 aliphatic heterocycles. The Morgan fingerprint density at radius 2 is 1.96 bits per heavy atom. The molecule has 3 rings (SSSR count). The summed E-state index contributed by atoms with van der Waals surface area (Å²) in [5.74, 6) is 1.74. The predicted octanol–water partition coefficient (Wildman–Crippen LogP) is 1.22. The van der Waals surface area contributed by atoms with Gasteiger partial charge in [-0.15, -0.1) is 0 Å². The van der Waals surface area contributed by atoms with Crippen LogP contribution < -0.4 is 5.73 Å². The first-order valence-corrected chi connectivity index (χ1v) is 8.85. The quantitative estimate of drug-likeness (QED) is 0.902. The average Bonchev–Trinajstić information content (AvgIpc) is 3.00. The molecule has 1 atom stereocenters. The molecular formula is C17H27N5O2. The van der Waals surface area contributed by atoms with Gasteiger partial charge in [0.25, 0.3) is 0 Å². The Morgan fingerprint density at radius 1 is 1.21 bits per heavy atom. The van der Waals surface area contributed by atoms with Crippen molar-refractivity contribution in [2.24, 2.45) is 17.6 Å². The van der Waals surface area contributed by atoms with Crippen LogP contribution in [0, 0.1) is 18.8 Å². The number of primary amides is 1. The maximum atomic E-state index is 12.7. The third-order valence-corrected chi connectivity index (χ3v) is 5.39. The fourth-order valence-corrected chi connectivity index (χ4v) is 3.85. The molecule has 1 aromatic heterocycles. The molecule has 0 radical (unpaired) electrons. The van der Waals surface area contributed by atoms with Crippen molar-refractivity contribution in [3.8, 4) is 0 Å². The van der Waals surface area contributed by atoms with Crippen molar-refractivity contribution in [1.82, 2.24) is 19.4 Å². The molecule has 1 unspecified atom stereocenters. The Kier molecular flexibility index (Phi) is 5.06. The van der Waals surface area contributed by atoms with Gasteiger partial charge in [-0.05, 0) is 38.5 Å². The number of carbonyl (C=O) groups excluding carboxylic acids is 2. The summed E-state index contributed by atoms with van der Waals surface area (Å²) >= 11 is 0. The lowest BCUT2D eigenvalue weighted by molar-refractivity contribution is -0.138. The zero-order valence-electron chi connectivity index (χ0n) is 14.4. The molecule has 3 amide bonds. The highest BCUT2D eigenvalue weighted by molar-refractivity contribution is 5.80. The van der Waals surface area contributed by atoms with Gasteiger partial charge in [0.1, 0.15) is 5.82 Å². The van der Waals surface area contributed by atoms with Crippen molar-refractivity contribution >= 4 is 11.9 Å². The fraction of sp³-hybridized carbons (Fsp3) is 0.706. The normalized spacial score (nSPS) is 22.6. The van der Waals surface area contributed by atoms with Crippen molar-refractivity contribution in [3.05, 3.63) is 18.2 Å². The number of rotatable bonds is 3. The molecule has 0 saturated carbocycles. The number of urea groups is 1. The number of carbonyl (C=O) groups is 2. The van der Waals surface area contributed by atoms with E-state index in [1.54, 1.807) is 4.90 Å². The minimum atomic E-state index is -0.415. The first-order valence-electron chi connectivity index (χ1n) is 8.85. The number of piperidine rings is 2. The SMILES string of the molecule is Cc1nccn1CC1CCN(C(=O)C2CCCN(C(N)=O)C2)CC1. The molecule has 0 spiro atoms.